The molecule has 0 unspecified atom stereocenters. The SMILES string of the molecule is Cn1c(Cc2ccc(Cl)c(O)c2)nc2ccccc21. The van der Waals surface area contributed by atoms with E-state index in [9.17, 15) is 5.11 Å². The number of fused-ring (bicyclic) bond motifs is 1. The zero-order chi connectivity index (χ0) is 13.4. The first-order valence-corrected chi connectivity index (χ1v) is 6.40. The molecule has 0 amide bonds. The minimum Gasteiger partial charge on any atom is -0.506 e. The van der Waals surface area contributed by atoms with Gasteiger partial charge in [0.2, 0.25) is 0 Å². The van der Waals surface area contributed by atoms with Crippen molar-refractivity contribution < 1.29 is 5.11 Å². The van der Waals surface area contributed by atoms with Crippen LogP contribution < -0.4 is 0 Å². The Morgan fingerprint density at radius 2 is 2.00 bits per heavy atom. The molecule has 0 saturated carbocycles. The van der Waals surface area contributed by atoms with Gasteiger partial charge in [0.15, 0.2) is 0 Å². The number of para-hydroxylation sites is 2. The maximum Gasteiger partial charge on any atom is 0.134 e. The third-order valence-electron chi connectivity index (χ3n) is 3.25. The maximum atomic E-state index is 9.63. The van der Waals surface area contributed by atoms with Crippen molar-refractivity contribution in [1.29, 1.82) is 0 Å². The second-order valence-electron chi connectivity index (χ2n) is 4.54. The van der Waals surface area contributed by atoms with Crippen molar-refractivity contribution in [3.63, 3.8) is 0 Å². The summed E-state index contributed by atoms with van der Waals surface area (Å²) in [5, 5.41) is 10.00. The molecule has 3 rings (SSSR count). The first-order chi connectivity index (χ1) is 9.15. The summed E-state index contributed by atoms with van der Waals surface area (Å²) in [7, 11) is 2.00. The number of benzene rings is 2. The molecule has 3 nitrogen and oxygen atoms in total. The van der Waals surface area contributed by atoms with Crippen LogP contribution in [0.4, 0.5) is 0 Å². The van der Waals surface area contributed by atoms with Gasteiger partial charge in [-0.15, -0.1) is 0 Å². The number of aromatic hydroxyl groups is 1. The third-order valence-corrected chi connectivity index (χ3v) is 3.57. The normalized spacial score (nSPS) is 11.1. The van der Waals surface area contributed by atoms with Crippen molar-refractivity contribution >= 4 is 22.6 Å². The van der Waals surface area contributed by atoms with Crippen molar-refractivity contribution in [2.24, 2.45) is 7.05 Å². The summed E-state index contributed by atoms with van der Waals surface area (Å²) in [6, 6.07) is 13.3. The molecule has 19 heavy (non-hydrogen) atoms. The average molecular weight is 273 g/mol. The third kappa shape index (κ3) is 2.17. The van der Waals surface area contributed by atoms with E-state index in [0.717, 1.165) is 22.4 Å². The largest absolute Gasteiger partial charge is 0.506 e. The molecular formula is C15H13ClN2O. The smallest absolute Gasteiger partial charge is 0.134 e. The van der Waals surface area contributed by atoms with Crippen molar-refractivity contribution in [3.8, 4) is 5.75 Å². The lowest BCUT2D eigenvalue weighted by Gasteiger charge is -2.04. The standard InChI is InChI=1S/C15H13ClN2O/c1-18-13-5-3-2-4-12(13)17-15(18)9-10-6-7-11(16)14(19)8-10/h2-8,19H,9H2,1H3. The van der Waals surface area contributed by atoms with Gasteiger partial charge in [-0.2, -0.15) is 0 Å². The van der Waals surface area contributed by atoms with Crippen molar-refractivity contribution in [1.82, 2.24) is 9.55 Å². The number of rotatable bonds is 2. The molecule has 0 saturated heterocycles. The van der Waals surface area contributed by atoms with E-state index in [1.165, 1.54) is 0 Å². The summed E-state index contributed by atoms with van der Waals surface area (Å²) in [6.07, 6.45) is 0.663. The van der Waals surface area contributed by atoms with Gasteiger partial charge < -0.3 is 9.67 Å². The lowest BCUT2D eigenvalue weighted by atomic mass is 10.1. The van der Waals surface area contributed by atoms with E-state index < -0.39 is 0 Å². The molecule has 0 aliphatic heterocycles. The van der Waals surface area contributed by atoms with Gasteiger partial charge >= 0.3 is 0 Å². The quantitative estimate of drug-likeness (QED) is 0.775. The summed E-state index contributed by atoms with van der Waals surface area (Å²) in [4.78, 5) is 4.61. The van der Waals surface area contributed by atoms with Gasteiger partial charge in [0.05, 0.1) is 16.1 Å². The molecule has 0 bridgehead atoms. The van der Waals surface area contributed by atoms with Crippen LogP contribution in [0, 0.1) is 0 Å². The molecule has 2 aromatic carbocycles. The fraction of sp³-hybridized carbons (Fsp3) is 0.133. The number of phenols is 1. The Bertz CT molecular complexity index is 749. The van der Waals surface area contributed by atoms with Gasteiger partial charge in [-0.3, -0.25) is 0 Å². The van der Waals surface area contributed by atoms with Crippen LogP contribution in [0.1, 0.15) is 11.4 Å². The first-order valence-electron chi connectivity index (χ1n) is 6.03. The molecule has 0 aliphatic rings. The molecule has 4 heteroatoms. The Balaban J connectivity index is 2.01. The molecule has 1 aromatic heterocycles. The fourth-order valence-electron chi connectivity index (χ4n) is 2.20. The highest BCUT2D eigenvalue weighted by atomic mass is 35.5. The molecule has 0 spiro atoms. The highest BCUT2D eigenvalue weighted by molar-refractivity contribution is 6.32. The summed E-state index contributed by atoms with van der Waals surface area (Å²) >= 11 is 5.81. The Morgan fingerprint density at radius 1 is 1.21 bits per heavy atom. The van der Waals surface area contributed by atoms with Gasteiger partial charge in [0.25, 0.3) is 0 Å². The molecule has 96 valence electrons. The van der Waals surface area contributed by atoms with Crippen molar-refractivity contribution in [2.75, 3.05) is 0 Å². The van der Waals surface area contributed by atoms with E-state index in [4.69, 9.17) is 11.6 Å². The number of imidazole rings is 1. The van der Waals surface area contributed by atoms with Crippen LogP contribution in [-0.4, -0.2) is 14.7 Å². The maximum absolute atomic E-state index is 9.63. The Kier molecular flexibility index (Phi) is 2.91. The van der Waals surface area contributed by atoms with E-state index in [-0.39, 0.29) is 5.75 Å². The zero-order valence-electron chi connectivity index (χ0n) is 10.5. The van der Waals surface area contributed by atoms with E-state index in [2.05, 4.69) is 9.55 Å². The zero-order valence-corrected chi connectivity index (χ0v) is 11.2. The van der Waals surface area contributed by atoms with Gasteiger partial charge in [-0.25, -0.2) is 4.98 Å². The molecule has 0 radical (unpaired) electrons. The molecule has 3 aromatic rings. The lowest BCUT2D eigenvalue weighted by molar-refractivity contribution is 0.475. The minimum atomic E-state index is 0.109. The monoisotopic (exact) mass is 272 g/mol. The van der Waals surface area contributed by atoms with E-state index >= 15 is 0 Å². The molecule has 1 heterocycles. The molecule has 0 fully saturated rings. The van der Waals surface area contributed by atoms with Gasteiger partial charge in [0, 0.05) is 13.5 Å². The van der Waals surface area contributed by atoms with Crippen LogP contribution in [0.5, 0.6) is 5.75 Å². The summed E-state index contributed by atoms with van der Waals surface area (Å²) in [6.45, 7) is 0. The number of hydrogen-bond donors (Lipinski definition) is 1. The Hall–Kier alpha value is -2.00. The molecule has 1 N–H and O–H groups in total. The average Bonchev–Trinajstić information content (AvgIpc) is 2.72. The molecular weight excluding hydrogens is 260 g/mol. The fourth-order valence-corrected chi connectivity index (χ4v) is 2.32. The Labute approximate surface area is 116 Å². The van der Waals surface area contributed by atoms with Crippen LogP contribution in [0.3, 0.4) is 0 Å². The summed E-state index contributed by atoms with van der Waals surface area (Å²) in [5.41, 5.74) is 3.08. The Morgan fingerprint density at radius 3 is 2.74 bits per heavy atom. The second kappa shape index (κ2) is 4.59. The van der Waals surface area contributed by atoms with Gasteiger partial charge in [-0.05, 0) is 29.8 Å². The van der Waals surface area contributed by atoms with Gasteiger partial charge in [0.1, 0.15) is 11.6 Å². The number of phenolic OH excluding ortho intramolecular Hbond substituents is 1. The summed E-state index contributed by atoms with van der Waals surface area (Å²) < 4.78 is 2.07. The number of hydrogen-bond acceptors (Lipinski definition) is 2. The predicted molar refractivity (Wildman–Crippen MR) is 76.6 cm³/mol. The predicted octanol–water partition coefficient (Wildman–Crippen LogP) is 3.52. The minimum absolute atomic E-state index is 0.109. The highest BCUT2D eigenvalue weighted by Gasteiger charge is 2.08. The van der Waals surface area contributed by atoms with Crippen LogP contribution >= 0.6 is 11.6 Å². The van der Waals surface area contributed by atoms with E-state index in [1.807, 2.05) is 37.4 Å². The highest BCUT2D eigenvalue weighted by Crippen LogP contribution is 2.25. The summed E-state index contributed by atoms with van der Waals surface area (Å²) in [5.74, 6) is 1.07. The van der Waals surface area contributed by atoms with E-state index in [0.29, 0.717) is 11.4 Å². The number of nitrogens with zero attached hydrogens (tertiary/aromatic N) is 2. The van der Waals surface area contributed by atoms with Gasteiger partial charge in [-0.1, -0.05) is 29.8 Å². The van der Waals surface area contributed by atoms with Crippen LogP contribution in [0.15, 0.2) is 42.5 Å². The number of aryl methyl sites for hydroxylation is 1. The van der Waals surface area contributed by atoms with Crippen LogP contribution in [0.25, 0.3) is 11.0 Å². The molecule has 0 atom stereocenters. The lowest BCUT2D eigenvalue weighted by Crippen LogP contribution is -1.99. The van der Waals surface area contributed by atoms with Crippen LogP contribution in [0.2, 0.25) is 5.02 Å². The first kappa shape index (κ1) is 12.1. The van der Waals surface area contributed by atoms with Crippen LogP contribution in [-0.2, 0) is 13.5 Å². The van der Waals surface area contributed by atoms with Crippen molar-refractivity contribution in [3.05, 3.63) is 58.9 Å². The van der Waals surface area contributed by atoms with E-state index in [1.54, 1.807) is 12.1 Å². The number of halogens is 1. The van der Waals surface area contributed by atoms with Crippen molar-refractivity contribution in [2.45, 2.75) is 6.42 Å². The molecule has 0 aliphatic carbocycles. The number of aromatic nitrogens is 2. The second-order valence-corrected chi connectivity index (χ2v) is 4.95. The topological polar surface area (TPSA) is 38.0 Å².